The van der Waals surface area contributed by atoms with E-state index in [0.29, 0.717) is 11.4 Å². The number of benzene rings is 1. The third kappa shape index (κ3) is 6.49. The summed E-state index contributed by atoms with van der Waals surface area (Å²) in [6, 6.07) is 0.413. The lowest BCUT2D eigenvalue weighted by atomic mass is 9.90. The van der Waals surface area contributed by atoms with Gasteiger partial charge in [0.1, 0.15) is 5.56 Å². The summed E-state index contributed by atoms with van der Waals surface area (Å²) in [5.74, 6) is -55.8. The van der Waals surface area contributed by atoms with Crippen LogP contribution in [-0.4, -0.2) is 75.7 Å². The Labute approximate surface area is 234 Å². The van der Waals surface area contributed by atoms with Crippen LogP contribution in [0.1, 0.15) is 12.5 Å². The van der Waals surface area contributed by atoms with Gasteiger partial charge in [-0.3, -0.25) is 19.7 Å². The van der Waals surface area contributed by atoms with Crippen LogP contribution in [-0.2, 0) is 15.8 Å². The maximum absolute atomic E-state index is 13.9. The van der Waals surface area contributed by atoms with Crippen LogP contribution in [0.5, 0.6) is 0 Å². The molecule has 8 nitrogen and oxygen atoms in total. The topological polar surface area (TPSA) is 122 Å². The summed E-state index contributed by atoms with van der Waals surface area (Å²) in [7, 11) is 0. The van der Waals surface area contributed by atoms with E-state index < -0.39 is 93.7 Å². The van der Waals surface area contributed by atoms with Crippen LogP contribution in [0.25, 0.3) is 0 Å². The average Bonchev–Trinajstić information content (AvgIpc) is 2.85. The minimum atomic E-state index is -8.68. The van der Waals surface area contributed by atoms with Crippen LogP contribution >= 0.6 is 0 Å². The van der Waals surface area contributed by atoms with E-state index in [0.717, 1.165) is 0 Å². The summed E-state index contributed by atoms with van der Waals surface area (Å²) in [5.41, 5.74) is -8.13. The van der Waals surface area contributed by atoms with Crippen LogP contribution in [0, 0.1) is 10.1 Å². The smallest absolute Gasteiger partial charge is 0.378 e. The molecule has 1 rings (SSSR count). The molecule has 0 radical (unpaired) electrons. The van der Waals surface area contributed by atoms with Crippen molar-refractivity contribution in [2.75, 3.05) is 11.9 Å². The Hall–Kier alpha value is -3.74. The van der Waals surface area contributed by atoms with Crippen molar-refractivity contribution < 1.29 is 98.6 Å². The quantitative estimate of drug-likeness (QED) is 0.153. The predicted molar refractivity (Wildman–Crippen MR) is 106 cm³/mol. The number of nitrogens with one attached hydrogen (secondary N) is 2. The Morgan fingerprint density at radius 1 is 0.733 bits per heavy atom. The lowest BCUT2D eigenvalue weighted by Gasteiger charge is -2.41. The first-order valence-corrected chi connectivity index (χ1v) is 10.6. The molecule has 258 valence electrons. The number of hydrogen-bond acceptors (Lipinski definition) is 5. The normalized spacial score (nSPS) is 15.7. The first-order chi connectivity index (χ1) is 19.6. The molecule has 2 amide bonds. The molecule has 1 unspecified atom stereocenters. The van der Waals surface area contributed by atoms with Crippen LogP contribution in [0.15, 0.2) is 18.2 Å². The summed E-state index contributed by atoms with van der Waals surface area (Å²) in [4.78, 5) is 32.8. The zero-order chi connectivity index (χ0) is 36.2. The zero-order valence-corrected chi connectivity index (χ0v) is 20.8. The number of anilines is 1. The first kappa shape index (κ1) is 39.3. The van der Waals surface area contributed by atoms with Gasteiger partial charge in [0, 0.05) is 11.8 Å². The third-order valence-corrected chi connectivity index (χ3v) is 5.45. The predicted octanol–water partition coefficient (Wildman–Crippen LogP) is 5.79. The third-order valence-electron chi connectivity index (χ3n) is 5.45. The second kappa shape index (κ2) is 11.3. The van der Waals surface area contributed by atoms with Gasteiger partial charge in [-0.25, -0.2) is 0 Å². The highest BCUT2D eigenvalue weighted by Crippen LogP contribution is 2.62. The number of nitrogens with zero attached hydrogens (tertiary/aromatic N) is 1. The van der Waals surface area contributed by atoms with E-state index >= 15 is 0 Å². The standard InChI is InChI=1S/C19H11F18N3O5/c1-11(43,9(41)39-6-2-3-8(40(44)45)7(4-6)13(22,23)24)5-38-10(42)12(20,21)14(25,26)15(27,28)16(29,30)17(31,32)18(33,34)19(35,36)37/h2-4,43H,5H2,1H3,(H,38,42)(H,39,41). The molecule has 45 heavy (non-hydrogen) atoms. The summed E-state index contributed by atoms with van der Waals surface area (Å²) < 4.78 is 238. The second-order valence-corrected chi connectivity index (χ2v) is 8.84. The van der Waals surface area contributed by atoms with Crippen LogP contribution in [0.2, 0.25) is 0 Å². The van der Waals surface area contributed by atoms with E-state index in [1.807, 2.05) is 0 Å². The number of aliphatic hydroxyl groups is 1. The highest BCUT2D eigenvalue weighted by Gasteiger charge is 2.94. The van der Waals surface area contributed by atoms with Crippen molar-refractivity contribution in [2.24, 2.45) is 0 Å². The Balaban J connectivity index is 3.31. The van der Waals surface area contributed by atoms with Crippen molar-refractivity contribution in [3.05, 3.63) is 33.9 Å². The van der Waals surface area contributed by atoms with Gasteiger partial charge in [0.2, 0.25) is 0 Å². The number of hydrogen-bond donors (Lipinski definition) is 3. The fraction of sp³-hybridized carbons (Fsp3) is 0.579. The van der Waals surface area contributed by atoms with E-state index in [1.54, 1.807) is 0 Å². The van der Waals surface area contributed by atoms with E-state index in [4.69, 9.17) is 0 Å². The monoisotopic (exact) mass is 703 g/mol. The van der Waals surface area contributed by atoms with Crippen LogP contribution < -0.4 is 10.6 Å². The zero-order valence-electron chi connectivity index (χ0n) is 20.8. The Morgan fingerprint density at radius 3 is 1.56 bits per heavy atom. The molecule has 0 saturated heterocycles. The van der Waals surface area contributed by atoms with E-state index in [9.17, 15) is 104 Å². The fourth-order valence-electron chi connectivity index (χ4n) is 2.82. The van der Waals surface area contributed by atoms with Gasteiger partial charge < -0.3 is 15.7 Å². The molecule has 1 atom stereocenters. The molecule has 0 spiro atoms. The van der Waals surface area contributed by atoms with Crippen molar-refractivity contribution in [3.8, 4) is 0 Å². The largest absolute Gasteiger partial charge is 0.460 e. The summed E-state index contributed by atoms with van der Waals surface area (Å²) >= 11 is 0. The van der Waals surface area contributed by atoms with Crippen molar-refractivity contribution in [2.45, 2.75) is 60.4 Å². The van der Waals surface area contributed by atoms with E-state index in [-0.39, 0.29) is 19.1 Å². The minimum absolute atomic E-state index is 0.125. The molecule has 0 saturated carbocycles. The molecule has 0 aliphatic heterocycles. The Morgan fingerprint density at radius 2 is 1.16 bits per heavy atom. The SMILES string of the molecule is CC(O)(CNC(=O)C(F)(F)C(F)(F)C(F)(F)C(F)(F)C(F)(F)C(F)(F)C(F)(F)F)C(=O)Nc1ccc([N+](=O)[O-])c(C(F)(F)F)c1. The molecular formula is C19H11F18N3O5. The fourth-order valence-corrected chi connectivity index (χ4v) is 2.82. The molecule has 0 aliphatic rings. The molecule has 1 aromatic carbocycles. The molecule has 26 heteroatoms. The van der Waals surface area contributed by atoms with Crippen molar-refractivity contribution >= 4 is 23.2 Å². The number of nitro groups is 1. The van der Waals surface area contributed by atoms with Gasteiger partial charge in [-0.1, -0.05) is 0 Å². The lowest BCUT2D eigenvalue weighted by molar-refractivity contribution is -0.449. The molecule has 0 aromatic heterocycles. The maximum Gasteiger partial charge on any atom is 0.460 e. The van der Waals surface area contributed by atoms with Gasteiger partial charge >= 0.3 is 47.9 Å². The number of amides is 2. The summed E-state index contributed by atoms with van der Waals surface area (Å²) in [6.45, 7) is -2.05. The number of halogens is 18. The van der Waals surface area contributed by atoms with Crippen molar-refractivity contribution in [1.82, 2.24) is 5.32 Å². The van der Waals surface area contributed by atoms with Gasteiger partial charge in [-0.05, 0) is 19.1 Å². The van der Waals surface area contributed by atoms with Gasteiger partial charge in [-0.15, -0.1) is 0 Å². The molecule has 3 N–H and O–H groups in total. The van der Waals surface area contributed by atoms with E-state index in [1.165, 1.54) is 5.32 Å². The van der Waals surface area contributed by atoms with Crippen LogP contribution in [0.4, 0.5) is 90.4 Å². The Bertz CT molecular complexity index is 1320. The van der Waals surface area contributed by atoms with E-state index in [2.05, 4.69) is 0 Å². The highest BCUT2D eigenvalue weighted by atomic mass is 19.4. The number of alkyl halides is 18. The Kier molecular flexibility index (Phi) is 9.82. The van der Waals surface area contributed by atoms with Crippen molar-refractivity contribution in [3.63, 3.8) is 0 Å². The molecular weight excluding hydrogens is 692 g/mol. The molecule has 0 heterocycles. The molecule has 0 bridgehead atoms. The number of carbonyl (C=O) groups excluding carboxylic acids is 2. The lowest BCUT2D eigenvalue weighted by Crippen LogP contribution is -2.74. The molecule has 0 fully saturated rings. The molecule has 1 aromatic rings. The van der Waals surface area contributed by atoms with Crippen LogP contribution in [0.3, 0.4) is 0 Å². The van der Waals surface area contributed by atoms with Gasteiger partial charge in [0.05, 0.1) is 11.5 Å². The second-order valence-electron chi connectivity index (χ2n) is 8.84. The number of rotatable bonds is 11. The number of carbonyl (C=O) groups is 2. The summed E-state index contributed by atoms with van der Waals surface area (Å²) in [5, 5.41) is 22.4. The van der Waals surface area contributed by atoms with Crippen molar-refractivity contribution in [1.29, 1.82) is 0 Å². The highest BCUT2D eigenvalue weighted by molar-refractivity contribution is 5.97. The van der Waals surface area contributed by atoms with Gasteiger partial charge in [0.15, 0.2) is 5.60 Å². The summed E-state index contributed by atoms with van der Waals surface area (Å²) in [6.07, 6.45) is -13.3. The molecule has 0 aliphatic carbocycles. The minimum Gasteiger partial charge on any atom is -0.378 e. The first-order valence-electron chi connectivity index (χ1n) is 10.6. The maximum atomic E-state index is 13.9. The number of nitro benzene ring substituents is 1. The van der Waals surface area contributed by atoms with Gasteiger partial charge in [0.25, 0.3) is 17.5 Å². The van der Waals surface area contributed by atoms with Gasteiger partial charge in [-0.2, -0.15) is 79.0 Å². The average molecular weight is 703 g/mol.